The van der Waals surface area contributed by atoms with Crippen LogP contribution in [0.2, 0.25) is 0 Å². The molecule has 2 rings (SSSR count). The van der Waals surface area contributed by atoms with Crippen molar-refractivity contribution in [1.82, 2.24) is 0 Å². The SMILES string of the molecule is CC(Cc1cc(C#N)c2c(c1)CCN2)N=[N+]=[N-]. The van der Waals surface area contributed by atoms with Crippen LogP contribution in [-0.4, -0.2) is 12.6 Å². The zero-order chi connectivity index (χ0) is 12.3. The van der Waals surface area contributed by atoms with Crippen LogP contribution in [0.3, 0.4) is 0 Å². The van der Waals surface area contributed by atoms with Crippen molar-refractivity contribution in [3.8, 4) is 6.07 Å². The van der Waals surface area contributed by atoms with E-state index in [0.29, 0.717) is 12.0 Å². The Morgan fingerprint density at radius 2 is 2.47 bits per heavy atom. The number of fused-ring (bicyclic) bond motifs is 1. The Kier molecular flexibility index (Phi) is 3.17. The van der Waals surface area contributed by atoms with Crippen molar-refractivity contribution in [1.29, 1.82) is 5.26 Å². The molecule has 0 saturated heterocycles. The van der Waals surface area contributed by atoms with Crippen LogP contribution in [0.25, 0.3) is 10.4 Å². The van der Waals surface area contributed by atoms with Gasteiger partial charge in [-0.1, -0.05) is 18.1 Å². The van der Waals surface area contributed by atoms with Crippen molar-refractivity contribution in [3.63, 3.8) is 0 Å². The van der Waals surface area contributed by atoms with Gasteiger partial charge in [0.05, 0.1) is 11.3 Å². The molecule has 1 aliphatic heterocycles. The maximum Gasteiger partial charge on any atom is 0.101 e. The highest BCUT2D eigenvalue weighted by Crippen LogP contribution is 2.28. The van der Waals surface area contributed by atoms with E-state index in [9.17, 15) is 0 Å². The van der Waals surface area contributed by atoms with Gasteiger partial charge in [-0.25, -0.2) is 0 Å². The second kappa shape index (κ2) is 4.77. The van der Waals surface area contributed by atoms with Gasteiger partial charge in [-0.15, -0.1) is 0 Å². The molecule has 17 heavy (non-hydrogen) atoms. The molecule has 1 aliphatic rings. The highest BCUT2D eigenvalue weighted by atomic mass is 15.1. The van der Waals surface area contributed by atoms with E-state index in [0.717, 1.165) is 24.2 Å². The molecule has 1 atom stereocenters. The molecule has 0 radical (unpaired) electrons. The van der Waals surface area contributed by atoms with Crippen LogP contribution in [0.1, 0.15) is 23.6 Å². The number of hydrogen-bond acceptors (Lipinski definition) is 3. The van der Waals surface area contributed by atoms with Crippen molar-refractivity contribution >= 4 is 5.69 Å². The molecule has 0 bridgehead atoms. The number of anilines is 1. The molecule has 0 spiro atoms. The summed E-state index contributed by atoms with van der Waals surface area (Å²) in [4.78, 5) is 2.79. The van der Waals surface area contributed by atoms with Gasteiger partial charge in [-0.05, 0) is 35.6 Å². The molecule has 0 aliphatic carbocycles. The van der Waals surface area contributed by atoms with E-state index in [-0.39, 0.29) is 6.04 Å². The molecule has 86 valence electrons. The Balaban J connectivity index is 2.31. The lowest BCUT2D eigenvalue weighted by Crippen LogP contribution is -2.03. The maximum atomic E-state index is 9.09. The third kappa shape index (κ3) is 2.32. The van der Waals surface area contributed by atoms with Crippen molar-refractivity contribution in [2.24, 2.45) is 5.11 Å². The topological polar surface area (TPSA) is 84.6 Å². The molecule has 0 saturated carbocycles. The van der Waals surface area contributed by atoms with E-state index in [1.807, 2.05) is 13.0 Å². The van der Waals surface area contributed by atoms with Crippen molar-refractivity contribution < 1.29 is 0 Å². The fourth-order valence-corrected chi connectivity index (χ4v) is 2.17. The van der Waals surface area contributed by atoms with Gasteiger partial charge in [-0.2, -0.15) is 5.26 Å². The summed E-state index contributed by atoms with van der Waals surface area (Å²) in [5, 5.41) is 16.0. The summed E-state index contributed by atoms with van der Waals surface area (Å²) in [6.45, 7) is 2.76. The van der Waals surface area contributed by atoms with Gasteiger partial charge in [0.15, 0.2) is 0 Å². The zero-order valence-corrected chi connectivity index (χ0v) is 9.64. The average Bonchev–Trinajstić information content (AvgIpc) is 2.76. The van der Waals surface area contributed by atoms with Crippen molar-refractivity contribution in [2.45, 2.75) is 25.8 Å². The van der Waals surface area contributed by atoms with Gasteiger partial charge in [0.25, 0.3) is 0 Å². The van der Waals surface area contributed by atoms with Crippen molar-refractivity contribution in [2.75, 3.05) is 11.9 Å². The lowest BCUT2D eigenvalue weighted by molar-refractivity contribution is 0.730. The largest absolute Gasteiger partial charge is 0.383 e. The van der Waals surface area contributed by atoms with E-state index in [4.69, 9.17) is 10.8 Å². The minimum atomic E-state index is -0.0843. The first-order valence-electron chi connectivity index (χ1n) is 5.58. The molecule has 0 amide bonds. The molecule has 5 heteroatoms. The minimum absolute atomic E-state index is 0.0843. The minimum Gasteiger partial charge on any atom is -0.383 e. The molecule has 0 aromatic heterocycles. The summed E-state index contributed by atoms with van der Waals surface area (Å²) >= 11 is 0. The predicted molar refractivity (Wildman–Crippen MR) is 65.7 cm³/mol. The summed E-state index contributed by atoms with van der Waals surface area (Å²) in [6.07, 6.45) is 1.62. The molecule has 1 heterocycles. The number of nitriles is 1. The number of rotatable bonds is 3. The third-order valence-corrected chi connectivity index (χ3v) is 2.88. The van der Waals surface area contributed by atoms with E-state index in [1.165, 1.54) is 5.56 Å². The zero-order valence-electron chi connectivity index (χ0n) is 9.64. The van der Waals surface area contributed by atoms with Crippen molar-refractivity contribution in [3.05, 3.63) is 39.3 Å². The van der Waals surface area contributed by atoms with E-state index in [2.05, 4.69) is 27.5 Å². The molecule has 5 nitrogen and oxygen atoms in total. The van der Waals surface area contributed by atoms with Crippen LogP contribution in [0.4, 0.5) is 5.69 Å². The molecule has 1 aromatic carbocycles. The summed E-state index contributed by atoms with van der Waals surface area (Å²) in [7, 11) is 0. The van der Waals surface area contributed by atoms with E-state index >= 15 is 0 Å². The highest BCUT2D eigenvalue weighted by molar-refractivity contribution is 5.66. The lowest BCUT2D eigenvalue weighted by Gasteiger charge is -2.09. The van der Waals surface area contributed by atoms with Gasteiger partial charge in [0.1, 0.15) is 6.07 Å². The Hall–Kier alpha value is -2.18. The quantitative estimate of drug-likeness (QED) is 0.489. The van der Waals surface area contributed by atoms with Crippen LogP contribution in [0, 0.1) is 11.3 Å². The molecule has 1 unspecified atom stereocenters. The summed E-state index contributed by atoms with van der Waals surface area (Å²) in [6, 6.07) is 6.10. The van der Waals surface area contributed by atoms with Crippen LogP contribution in [0.5, 0.6) is 0 Å². The normalized spacial score (nSPS) is 14.1. The number of azide groups is 1. The molecule has 0 fully saturated rings. The summed E-state index contributed by atoms with van der Waals surface area (Å²) < 4.78 is 0. The maximum absolute atomic E-state index is 9.09. The fourth-order valence-electron chi connectivity index (χ4n) is 2.17. The molecule has 1 N–H and O–H groups in total. The van der Waals surface area contributed by atoms with E-state index < -0.39 is 0 Å². The Labute approximate surface area is 99.7 Å². The summed E-state index contributed by atoms with van der Waals surface area (Å²) in [5.41, 5.74) is 12.3. The second-order valence-electron chi connectivity index (χ2n) is 4.22. The van der Waals surface area contributed by atoms with Gasteiger partial charge >= 0.3 is 0 Å². The molecule has 1 aromatic rings. The van der Waals surface area contributed by atoms with E-state index in [1.54, 1.807) is 0 Å². The average molecular weight is 227 g/mol. The standard InChI is InChI=1S/C12H13N5/c1-8(16-17-14)4-9-5-10-2-3-15-12(10)11(6-9)7-13/h5-6,8,15H,2-4H2,1H3. The smallest absolute Gasteiger partial charge is 0.101 e. The van der Waals surface area contributed by atoms with Crippen LogP contribution < -0.4 is 5.32 Å². The predicted octanol–water partition coefficient (Wildman–Crippen LogP) is 2.77. The fraction of sp³-hybridized carbons (Fsp3) is 0.417. The second-order valence-corrected chi connectivity index (χ2v) is 4.22. The number of nitrogens with zero attached hydrogens (tertiary/aromatic N) is 4. The van der Waals surface area contributed by atoms with Gasteiger partial charge in [0.2, 0.25) is 0 Å². The first-order valence-corrected chi connectivity index (χ1v) is 5.58. The van der Waals surface area contributed by atoms with Crippen LogP contribution in [-0.2, 0) is 12.8 Å². The number of nitrogens with one attached hydrogen (secondary N) is 1. The van der Waals surface area contributed by atoms with Gasteiger partial charge < -0.3 is 5.32 Å². The third-order valence-electron chi connectivity index (χ3n) is 2.88. The Bertz CT molecular complexity index is 522. The molecular weight excluding hydrogens is 214 g/mol. The molecular formula is C12H13N5. The number of hydrogen-bond donors (Lipinski definition) is 1. The van der Waals surface area contributed by atoms with Crippen LogP contribution in [0.15, 0.2) is 17.2 Å². The summed E-state index contributed by atoms with van der Waals surface area (Å²) in [5.74, 6) is 0. The monoisotopic (exact) mass is 227 g/mol. The number of benzene rings is 1. The van der Waals surface area contributed by atoms with Gasteiger partial charge in [-0.3, -0.25) is 0 Å². The lowest BCUT2D eigenvalue weighted by atomic mass is 9.99. The Morgan fingerprint density at radius 1 is 1.65 bits per heavy atom. The van der Waals surface area contributed by atoms with Crippen LogP contribution >= 0.6 is 0 Å². The van der Waals surface area contributed by atoms with Gasteiger partial charge in [0, 0.05) is 17.5 Å². The first kappa shape index (κ1) is 11.3. The first-order chi connectivity index (χ1) is 8.24. The highest BCUT2D eigenvalue weighted by Gasteiger charge is 2.16. The Morgan fingerprint density at radius 3 is 3.18 bits per heavy atom.